The van der Waals surface area contributed by atoms with Gasteiger partial charge in [0.1, 0.15) is 0 Å². The summed E-state index contributed by atoms with van der Waals surface area (Å²) in [5, 5.41) is 3.03. The smallest absolute Gasteiger partial charge is 0.227 e. The number of amides is 1. The first-order valence-electron chi connectivity index (χ1n) is 6.13. The van der Waals surface area contributed by atoms with Crippen LogP contribution in [-0.2, 0) is 11.2 Å². The molecule has 0 bridgehead atoms. The van der Waals surface area contributed by atoms with E-state index in [4.69, 9.17) is 0 Å². The maximum absolute atomic E-state index is 11.9. The van der Waals surface area contributed by atoms with E-state index in [2.05, 4.69) is 24.4 Å². The van der Waals surface area contributed by atoms with Gasteiger partial charge in [-0.15, -0.1) is 0 Å². The third kappa shape index (κ3) is 1.84. The first kappa shape index (κ1) is 9.88. The summed E-state index contributed by atoms with van der Waals surface area (Å²) < 4.78 is 0. The zero-order valence-electron chi connectivity index (χ0n) is 9.62. The lowest BCUT2D eigenvalue weighted by molar-refractivity contribution is -0.120. The van der Waals surface area contributed by atoms with Gasteiger partial charge in [-0.05, 0) is 37.3 Å². The van der Waals surface area contributed by atoms with Crippen molar-refractivity contribution in [3.05, 3.63) is 29.3 Å². The molecule has 1 unspecified atom stereocenters. The molecule has 2 nitrogen and oxygen atoms in total. The Kier molecular flexibility index (Phi) is 2.23. The van der Waals surface area contributed by atoms with E-state index in [1.807, 2.05) is 6.07 Å². The minimum atomic E-state index is 0.210. The Bertz CT molecular complexity index is 434. The highest BCUT2D eigenvalue weighted by molar-refractivity contribution is 5.95. The maximum atomic E-state index is 11.9. The van der Waals surface area contributed by atoms with Crippen LogP contribution < -0.4 is 5.32 Å². The van der Waals surface area contributed by atoms with Gasteiger partial charge in [0, 0.05) is 11.6 Å². The minimum absolute atomic E-state index is 0.210. The maximum Gasteiger partial charge on any atom is 0.227 e. The standard InChI is InChI=1S/C14H17NO/c1-9-2-5-13-11(6-9)8-12(14(16)15-13)7-10-3-4-10/h2,5-6,10,12H,3-4,7-8H2,1H3,(H,15,16). The van der Waals surface area contributed by atoms with Crippen LogP contribution in [-0.4, -0.2) is 5.91 Å². The molecule has 1 aliphatic heterocycles. The third-order valence-electron chi connectivity index (χ3n) is 3.67. The van der Waals surface area contributed by atoms with Gasteiger partial charge in [-0.1, -0.05) is 30.5 Å². The SMILES string of the molecule is Cc1ccc2c(c1)CC(CC1CC1)C(=O)N2. The molecule has 1 aliphatic carbocycles. The summed E-state index contributed by atoms with van der Waals surface area (Å²) in [6.45, 7) is 2.10. The summed E-state index contributed by atoms with van der Waals surface area (Å²) >= 11 is 0. The molecule has 2 aliphatic rings. The van der Waals surface area contributed by atoms with E-state index >= 15 is 0 Å². The summed E-state index contributed by atoms with van der Waals surface area (Å²) in [7, 11) is 0. The predicted molar refractivity (Wildman–Crippen MR) is 64.3 cm³/mol. The second-order valence-electron chi connectivity index (χ2n) is 5.23. The molecule has 0 spiro atoms. The summed E-state index contributed by atoms with van der Waals surface area (Å²) in [6, 6.07) is 6.28. The van der Waals surface area contributed by atoms with Gasteiger partial charge in [-0.25, -0.2) is 0 Å². The molecule has 1 saturated carbocycles. The number of rotatable bonds is 2. The van der Waals surface area contributed by atoms with Crippen LogP contribution in [0.4, 0.5) is 5.69 Å². The molecule has 16 heavy (non-hydrogen) atoms. The zero-order chi connectivity index (χ0) is 11.1. The molecule has 0 radical (unpaired) electrons. The molecular weight excluding hydrogens is 198 g/mol. The molecule has 2 heteroatoms. The Balaban J connectivity index is 1.83. The number of nitrogens with one attached hydrogen (secondary N) is 1. The fraction of sp³-hybridized carbons (Fsp3) is 0.500. The lowest BCUT2D eigenvalue weighted by Gasteiger charge is -2.24. The van der Waals surface area contributed by atoms with Crippen LogP contribution in [0.25, 0.3) is 0 Å². The van der Waals surface area contributed by atoms with Gasteiger partial charge in [0.25, 0.3) is 0 Å². The van der Waals surface area contributed by atoms with Crippen molar-refractivity contribution in [2.24, 2.45) is 11.8 Å². The molecule has 3 rings (SSSR count). The molecular formula is C14H17NO. The molecule has 0 saturated heterocycles. The van der Waals surface area contributed by atoms with Crippen LogP contribution in [0, 0.1) is 18.8 Å². The van der Waals surface area contributed by atoms with Gasteiger partial charge in [-0.2, -0.15) is 0 Å². The van der Waals surface area contributed by atoms with E-state index in [9.17, 15) is 4.79 Å². The van der Waals surface area contributed by atoms with Crippen LogP contribution >= 0.6 is 0 Å². The van der Waals surface area contributed by atoms with Gasteiger partial charge >= 0.3 is 0 Å². The van der Waals surface area contributed by atoms with E-state index < -0.39 is 0 Å². The Labute approximate surface area is 96.1 Å². The predicted octanol–water partition coefficient (Wildman–Crippen LogP) is 2.91. The molecule has 1 aromatic rings. The van der Waals surface area contributed by atoms with Gasteiger partial charge in [0.05, 0.1) is 0 Å². The van der Waals surface area contributed by atoms with Crippen molar-refractivity contribution in [1.82, 2.24) is 0 Å². The van der Waals surface area contributed by atoms with Crippen molar-refractivity contribution >= 4 is 11.6 Å². The van der Waals surface area contributed by atoms with Gasteiger partial charge < -0.3 is 5.32 Å². The first-order chi connectivity index (χ1) is 7.72. The van der Waals surface area contributed by atoms with E-state index in [0.29, 0.717) is 0 Å². The highest BCUT2D eigenvalue weighted by Gasteiger charge is 2.32. The average molecular weight is 215 g/mol. The van der Waals surface area contributed by atoms with Crippen molar-refractivity contribution < 1.29 is 4.79 Å². The summed E-state index contributed by atoms with van der Waals surface area (Å²) in [4.78, 5) is 11.9. The number of fused-ring (bicyclic) bond motifs is 1. The molecule has 84 valence electrons. The normalized spacial score (nSPS) is 23.8. The second kappa shape index (κ2) is 3.62. The van der Waals surface area contributed by atoms with Crippen LogP contribution in [0.3, 0.4) is 0 Å². The summed E-state index contributed by atoms with van der Waals surface area (Å²) in [5.74, 6) is 1.26. The number of hydrogen-bond acceptors (Lipinski definition) is 1. The number of hydrogen-bond donors (Lipinski definition) is 1. The van der Waals surface area contributed by atoms with Crippen LogP contribution in [0.2, 0.25) is 0 Å². The molecule has 1 fully saturated rings. The molecule has 1 heterocycles. The molecule has 1 atom stereocenters. The average Bonchev–Trinajstić information content (AvgIpc) is 3.04. The Morgan fingerprint density at radius 2 is 2.19 bits per heavy atom. The van der Waals surface area contributed by atoms with Crippen molar-refractivity contribution in [1.29, 1.82) is 0 Å². The fourth-order valence-electron chi connectivity index (χ4n) is 2.55. The van der Waals surface area contributed by atoms with Crippen molar-refractivity contribution in [3.63, 3.8) is 0 Å². The monoisotopic (exact) mass is 215 g/mol. The van der Waals surface area contributed by atoms with Crippen LogP contribution in [0.15, 0.2) is 18.2 Å². The second-order valence-corrected chi connectivity index (χ2v) is 5.23. The fourth-order valence-corrected chi connectivity index (χ4v) is 2.55. The lowest BCUT2D eigenvalue weighted by Crippen LogP contribution is -2.30. The topological polar surface area (TPSA) is 29.1 Å². The highest BCUT2D eigenvalue weighted by Crippen LogP contribution is 2.38. The van der Waals surface area contributed by atoms with E-state index in [1.165, 1.54) is 24.0 Å². The minimum Gasteiger partial charge on any atom is -0.326 e. The Hall–Kier alpha value is -1.31. The van der Waals surface area contributed by atoms with Crippen LogP contribution in [0.5, 0.6) is 0 Å². The summed E-state index contributed by atoms with van der Waals surface area (Å²) in [5.41, 5.74) is 3.60. The van der Waals surface area contributed by atoms with Crippen LogP contribution in [0.1, 0.15) is 30.4 Å². The van der Waals surface area contributed by atoms with Crippen molar-refractivity contribution in [2.75, 3.05) is 5.32 Å². The number of anilines is 1. The number of carbonyl (C=O) groups is 1. The zero-order valence-corrected chi connectivity index (χ0v) is 9.62. The van der Waals surface area contributed by atoms with Gasteiger partial charge in [-0.3, -0.25) is 4.79 Å². The summed E-state index contributed by atoms with van der Waals surface area (Å²) in [6.07, 6.45) is 4.66. The molecule has 1 amide bonds. The van der Waals surface area contributed by atoms with Crippen molar-refractivity contribution in [2.45, 2.75) is 32.6 Å². The number of aryl methyl sites for hydroxylation is 1. The third-order valence-corrected chi connectivity index (χ3v) is 3.67. The number of carbonyl (C=O) groups excluding carboxylic acids is 1. The molecule has 1 aromatic carbocycles. The van der Waals surface area contributed by atoms with Gasteiger partial charge in [0.2, 0.25) is 5.91 Å². The van der Waals surface area contributed by atoms with Gasteiger partial charge in [0.15, 0.2) is 0 Å². The van der Waals surface area contributed by atoms with E-state index in [-0.39, 0.29) is 11.8 Å². The largest absolute Gasteiger partial charge is 0.326 e. The molecule has 0 aromatic heterocycles. The number of benzene rings is 1. The lowest BCUT2D eigenvalue weighted by atomic mass is 9.88. The molecule has 1 N–H and O–H groups in total. The van der Waals surface area contributed by atoms with E-state index in [0.717, 1.165) is 24.4 Å². The first-order valence-corrected chi connectivity index (χ1v) is 6.13. The Morgan fingerprint density at radius 1 is 1.38 bits per heavy atom. The quantitative estimate of drug-likeness (QED) is 0.807. The highest BCUT2D eigenvalue weighted by atomic mass is 16.1. The van der Waals surface area contributed by atoms with Crippen molar-refractivity contribution in [3.8, 4) is 0 Å². The Morgan fingerprint density at radius 3 is 2.94 bits per heavy atom. The van der Waals surface area contributed by atoms with E-state index in [1.54, 1.807) is 0 Å².